The molecule has 0 aliphatic heterocycles. The monoisotopic (exact) mass is 225 g/mol. The molecule has 16 heavy (non-hydrogen) atoms. The Balaban J connectivity index is 3.97. The fraction of sp³-hybridized carbons (Fsp3) is 0.846. The Labute approximate surface area is 98.8 Å². The Morgan fingerprint density at radius 1 is 1.31 bits per heavy atom. The average Bonchev–Trinajstić information content (AvgIpc) is 2.26. The van der Waals surface area contributed by atoms with Crippen LogP contribution in [0.4, 0.5) is 0 Å². The molecule has 0 aromatic carbocycles. The van der Waals surface area contributed by atoms with Crippen LogP contribution in [0.15, 0.2) is 0 Å². The first kappa shape index (κ1) is 15.0. The second-order valence-electron chi connectivity index (χ2n) is 4.19. The highest BCUT2D eigenvalue weighted by Gasteiger charge is 2.25. The minimum Gasteiger partial charge on any atom is -0.465 e. The van der Waals surface area contributed by atoms with E-state index in [1.807, 2.05) is 6.92 Å². The summed E-state index contributed by atoms with van der Waals surface area (Å²) in [6.07, 6.45) is 5.63. The minimum absolute atomic E-state index is 0.0981. The molecule has 0 saturated heterocycles. The summed E-state index contributed by atoms with van der Waals surface area (Å²) >= 11 is 0. The molecule has 0 aliphatic carbocycles. The van der Waals surface area contributed by atoms with Gasteiger partial charge in [0.1, 0.15) is 5.92 Å². The molecule has 3 heteroatoms. The highest BCUT2D eigenvalue weighted by Crippen LogP contribution is 2.20. The summed E-state index contributed by atoms with van der Waals surface area (Å²) in [7, 11) is 0. The summed E-state index contributed by atoms with van der Waals surface area (Å²) in [6, 6.07) is 2.05. The van der Waals surface area contributed by atoms with Crippen LogP contribution in [-0.4, -0.2) is 12.6 Å². The van der Waals surface area contributed by atoms with Gasteiger partial charge >= 0.3 is 5.97 Å². The lowest BCUT2D eigenvalue weighted by molar-refractivity contribution is -0.147. The van der Waals surface area contributed by atoms with E-state index >= 15 is 0 Å². The third kappa shape index (κ3) is 5.75. The van der Waals surface area contributed by atoms with E-state index in [0.29, 0.717) is 6.61 Å². The van der Waals surface area contributed by atoms with Crippen molar-refractivity contribution in [2.24, 2.45) is 11.8 Å². The fourth-order valence-electron chi connectivity index (χ4n) is 1.70. The molecule has 0 spiro atoms. The van der Waals surface area contributed by atoms with Gasteiger partial charge in [0.05, 0.1) is 12.7 Å². The van der Waals surface area contributed by atoms with Gasteiger partial charge in [-0.3, -0.25) is 4.79 Å². The summed E-state index contributed by atoms with van der Waals surface area (Å²) in [5, 5.41) is 8.95. The minimum atomic E-state index is -0.596. The first-order chi connectivity index (χ1) is 7.67. The van der Waals surface area contributed by atoms with Crippen molar-refractivity contribution in [2.45, 2.75) is 52.9 Å². The van der Waals surface area contributed by atoms with Crippen LogP contribution in [0.5, 0.6) is 0 Å². The highest BCUT2D eigenvalue weighted by molar-refractivity contribution is 5.75. The van der Waals surface area contributed by atoms with Crippen molar-refractivity contribution in [2.75, 3.05) is 6.61 Å². The molecule has 0 saturated carbocycles. The maximum absolute atomic E-state index is 11.5. The molecule has 2 atom stereocenters. The molecule has 0 aliphatic rings. The average molecular weight is 225 g/mol. The van der Waals surface area contributed by atoms with Gasteiger partial charge in [0, 0.05) is 0 Å². The van der Waals surface area contributed by atoms with Crippen molar-refractivity contribution in [1.29, 1.82) is 5.26 Å². The van der Waals surface area contributed by atoms with Crippen molar-refractivity contribution >= 4 is 5.97 Å². The lowest BCUT2D eigenvalue weighted by Crippen LogP contribution is -2.22. The number of hydrogen-bond acceptors (Lipinski definition) is 3. The van der Waals surface area contributed by atoms with Gasteiger partial charge in [-0.15, -0.1) is 0 Å². The third-order valence-corrected chi connectivity index (χ3v) is 2.76. The van der Waals surface area contributed by atoms with Gasteiger partial charge in [-0.1, -0.05) is 39.5 Å². The molecule has 0 heterocycles. The maximum Gasteiger partial charge on any atom is 0.323 e. The van der Waals surface area contributed by atoms with Crippen LogP contribution in [0.3, 0.4) is 0 Å². The molecular weight excluding hydrogens is 202 g/mol. The maximum atomic E-state index is 11.5. The Kier molecular flexibility index (Phi) is 8.61. The van der Waals surface area contributed by atoms with E-state index < -0.39 is 5.92 Å². The Morgan fingerprint density at radius 2 is 2.00 bits per heavy atom. The number of nitriles is 1. The van der Waals surface area contributed by atoms with Gasteiger partial charge in [0.25, 0.3) is 0 Å². The van der Waals surface area contributed by atoms with Crippen LogP contribution >= 0.6 is 0 Å². The first-order valence-corrected chi connectivity index (χ1v) is 6.23. The van der Waals surface area contributed by atoms with Crippen LogP contribution in [-0.2, 0) is 9.53 Å². The van der Waals surface area contributed by atoms with Gasteiger partial charge in [0.2, 0.25) is 0 Å². The molecule has 1 unspecified atom stereocenters. The van der Waals surface area contributed by atoms with Crippen LogP contribution < -0.4 is 0 Å². The Bertz CT molecular complexity index is 233. The van der Waals surface area contributed by atoms with Gasteiger partial charge in [-0.25, -0.2) is 0 Å². The summed E-state index contributed by atoms with van der Waals surface area (Å²) in [5.74, 6) is -0.865. The SMILES string of the molecule is CCCCCC[C@@H](C)C(C#N)C(=O)OCC. The zero-order valence-corrected chi connectivity index (χ0v) is 10.7. The van der Waals surface area contributed by atoms with Crippen LogP contribution in [0, 0.1) is 23.2 Å². The third-order valence-electron chi connectivity index (χ3n) is 2.76. The number of esters is 1. The topological polar surface area (TPSA) is 50.1 Å². The summed E-state index contributed by atoms with van der Waals surface area (Å²) in [6.45, 7) is 6.23. The number of ether oxygens (including phenoxy) is 1. The molecule has 0 amide bonds. The summed E-state index contributed by atoms with van der Waals surface area (Å²) in [5.41, 5.74) is 0. The van der Waals surface area contributed by atoms with E-state index in [0.717, 1.165) is 12.8 Å². The lowest BCUT2D eigenvalue weighted by Gasteiger charge is -2.15. The van der Waals surface area contributed by atoms with Crippen molar-refractivity contribution in [3.63, 3.8) is 0 Å². The molecule has 0 aromatic heterocycles. The molecule has 0 N–H and O–H groups in total. The summed E-state index contributed by atoms with van der Waals surface area (Å²) < 4.78 is 4.88. The lowest BCUT2D eigenvalue weighted by atomic mass is 9.90. The summed E-state index contributed by atoms with van der Waals surface area (Å²) in [4.78, 5) is 11.5. The second-order valence-corrected chi connectivity index (χ2v) is 4.19. The van der Waals surface area contributed by atoms with Crippen molar-refractivity contribution in [3.8, 4) is 6.07 Å². The fourth-order valence-corrected chi connectivity index (χ4v) is 1.70. The van der Waals surface area contributed by atoms with E-state index in [9.17, 15) is 4.79 Å². The largest absolute Gasteiger partial charge is 0.465 e. The standard InChI is InChI=1S/C13H23NO2/c1-4-6-7-8-9-11(3)12(10-14)13(15)16-5-2/h11-12H,4-9H2,1-3H3/t11-,12?/m1/s1. The predicted molar refractivity (Wildman–Crippen MR) is 63.7 cm³/mol. The number of nitrogens with zero attached hydrogens (tertiary/aromatic N) is 1. The van der Waals surface area contributed by atoms with E-state index in [4.69, 9.17) is 10.00 Å². The van der Waals surface area contributed by atoms with Gasteiger partial charge < -0.3 is 4.74 Å². The normalized spacial score (nSPS) is 13.9. The van der Waals surface area contributed by atoms with Crippen LogP contribution in [0.1, 0.15) is 52.9 Å². The van der Waals surface area contributed by atoms with Crippen LogP contribution in [0.25, 0.3) is 0 Å². The van der Waals surface area contributed by atoms with Gasteiger partial charge in [0.15, 0.2) is 0 Å². The molecular formula is C13H23NO2. The highest BCUT2D eigenvalue weighted by atomic mass is 16.5. The Hall–Kier alpha value is -1.04. The molecule has 0 aromatic rings. The smallest absolute Gasteiger partial charge is 0.323 e. The number of carbonyl (C=O) groups is 1. The van der Waals surface area contributed by atoms with Gasteiger partial charge in [-0.05, 0) is 19.3 Å². The first-order valence-electron chi connectivity index (χ1n) is 6.23. The quantitative estimate of drug-likeness (QED) is 0.470. The molecule has 0 bridgehead atoms. The number of hydrogen-bond donors (Lipinski definition) is 0. The van der Waals surface area contributed by atoms with E-state index in [1.165, 1.54) is 19.3 Å². The molecule has 0 radical (unpaired) electrons. The molecule has 0 rings (SSSR count). The molecule has 3 nitrogen and oxygen atoms in total. The van der Waals surface area contributed by atoms with E-state index in [1.54, 1.807) is 6.92 Å². The van der Waals surface area contributed by atoms with Crippen molar-refractivity contribution in [1.82, 2.24) is 0 Å². The number of carbonyl (C=O) groups excluding carboxylic acids is 1. The van der Waals surface area contributed by atoms with E-state index in [-0.39, 0.29) is 11.9 Å². The number of unbranched alkanes of at least 4 members (excludes halogenated alkanes) is 3. The molecule has 92 valence electrons. The predicted octanol–water partition coefficient (Wildman–Crippen LogP) is 3.30. The second kappa shape index (κ2) is 9.21. The van der Waals surface area contributed by atoms with Crippen LogP contribution in [0.2, 0.25) is 0 Å². The molecule has 0 fully saturated rings. The van der Waals surface area contributed by atoms with E-state index in [2.05, 4.69) is 13.0 Å². The van der Waals surface area contributed by atoms with Crippen molar-refractivity contribution in [3.05, 3.63) is 0 Å². The van der Waals surface area contributed by atoms with Gasteiger partial charge in [-0.2, -0.15) is 5.26 Å². The zero-order chi connectivity index (χ0) is 12.4. The number of rotatable bonds is 8. The zero-order valence-electron chi connectivity index (χ0n) is 10.7. The Morgan fingerprint density at radius 3 is 2.50 bits per heavy atom. The van der Waals surface area contributed by atoms with Crippen molar-refractivity contribution < 1.29 is 9.53 Å².